The van der Waals surface area contributed by atoms with Crippen LogP contribution in [-0.4, -0.2) is 11.7 Å². The Morgan fingerprint density at radius 2 is 1.00 bits per heavy atom. The van der Waals surface area contributed by atoms with Gasteiger partial charge in [0.25, 0.3) is 6.71 Å². The van der Waals surface area contributed by atoms with Crippen LogP contribution in [0, 0.1) is 0 Å². The van der Waals surface area contributed by atoms with Gasteiger partial charge in [-0.1, -0.05) is 91.0 Å². The van der Waals surface area contributed by atoms with Gasteiger partial charge in [-0.05, 0) is 69.6 Å². The Morgan fingerprint density at radius 1 is 0.436 bits per heavy atom. The van der Waals surface area contributed by atoms with E-state index in [1.54, 1.807) is 0 Å². The van der Waals surface area contributed by atoms with Crippen LogP contribution in [0.1, 0.15) is 0 Å². The number of nitrogens with zero attached hydrogens (tertiary/aromatic N) is 1. The molecular formula is C35H22BNO2. The van der Waals surface area contributed by atoms with Crippen molar-refractivity contribution in [1.82, 2.24) is 4.98 Å². The maximum atomic E-state index is 6.50. The topological polar surface area (TPSA) is 31.4 Å². The summed E-state index contributed by atoms with van der Waals surface area (Å²) in [6.45, 7) is 0.0501. The van der Waals surface area contributed by atoms with E-state index in [-0.39, 0.29) is 6.71 Å². The van der Waals surface area contributed by atoms with E-state index in [0.717, 1.165) is 67.3 Å². The second-order valence-corrected chi connectivity index (χ2v) is 9.97. The van der Waals surface area contributed by atoms with Gasteiger partial charge in [-0.2, -0.15) is 0 Å². The molecule has 0 amide bonds. The predicted octanol–water partition coefficient (Wildman–Crippen LogP) is 6.81. The van der Waals surface area contributed by atoms with E-state index in [4.69, 9.17) is 9.47 Å². The van der Waals surface area contributed by atoms with Crippen molar-refractivity contribution >= 4 is 23.1 Å². The fourth-order valence-electron chi connectivity index (χ4n) is 5.78. The average molecular weight is 499 g/mol. The first-order valence-electron chi connectivity index (χ1n) is 13.2. The lowest BCUT2D eigenvalue weighted by Gasteiger charge is -2.33. The molecule has 39 heavy (non-hydrogen) atoms. The Morgan fingerprint density at radius 3 is 1.62 bits per heavy atom. The fraction of sp³-hybridized carbons (Fsp3) is 0. The van der Waals surface area contributed by atoms with Crippen molar-refractivity contribution in [2.24, 2.45) is 0 Å². The number of hydrogen-bond acceptors (Lipinski definition) is 3. The van der Waals surface area contributed by atoms with Crippen LogP contribution >= 0.6 is 0 Å². The van der Waals surface area contributed by atoms with Crippen LogP contribution in [0.15, 0.2) is 134 Å². The summed E-state index contributed by atoms with van der Waals surface area (Å²) < 4.78 is 13.0. The lowest BCUT2D eigenvalue weighted by atomic mass is 9.35. The summed E-state index contributed by atoms with van der Waals surface area (Å²) in [5, 5.41) is 0. The van der Waals surface area contributed by atoms with E-state index < -0.39 is 0 Å². The van der Waals surface area contributed by atoms with E-state index in [1.165, 1.54) is 5.56 Å². The molecule has 3 nitrogen and oxygen atoms in total. The summed E-state index contributed by atoms with van der Waals surface area (Å²) in [4.78, 5) is 4.47. The molecule has 0 spiro atoms. The van der Waals surface area contributed by atoms with Crippen molar-refractivity contribution in [3.63, 3.8) is 0 Å². The van der Waals surface area contributed by atoms with Crippen molar-refractivity contribution in [2.45, 2.75) is 0 Å². The molecular weight excluding hydrogens is 477 g/mol. The summed E-state index contributed by atoms with van der Waals surface area (Å²) >= 11 is 0. The zero-order chi connectivity index (χ0) is 25.8. The van der Waals surface area contributed by atoms with Gasteiger partial charge in [0.2, 0.25) is 0 Å². The van der Waals surface area contributed by atoms with Gasteiger partial charge >= 0.3 is 0 Å². The van der Waals surface area contributed by atoms with Gasteiger partial charge in [-0.25, -0.2) is 0 Å². The first kappa shape index (κ1) is 21.9. The number of aromatic nitrogens is 1. The Balaban J connectivity index is 1.21. The highest BCUT2D eigenvalue weighted by Crippen LogP contribution is 2.37. The predicted molar refractivity (Wildman–Crippen MR) is 158 cm³/mol. The molecule has 0 N–H and O–H groups in total. The number of fused-ring (bicyclic) bond motifs is 4. The second kappa shape index (κ2) is 8.75. The van der Waals surface area contributed by atoms with E-state index in [0.29, 0.717) is 0 Å². The molecule has 0 fully saturated rings. The van der Waals surface area contributed by atoms with E-state index in [2.05, 4.69) is 89.9 Å². The molecule has 3 heterocycles. The quantitative estimate of drug-likeness (QED) is 0.250. The molecule has 182 valence electrons. The molecule has 0 bridgehead atoms. The van der Waals surface area contributed by atoms with Gasteiger partial charge in [0.15, 0.2) is 0 Å². The van der Waals surface area contributed by atoms with E-state index >= 15 is 0 Å². The van der Waals surface area contributed by atoms with Gasteiger partial charge in [-0.15, -0.1) is 0 Å². The normalized spacial score (nSPS) is 12.5. The molecule has 6 aromatic rings. The molecule has 2 aliphatic rings. The molecule has 0 saturated heterocycles. The summed E-state index contributed by atoms with van der Waals surface area (Å²) in [5.74, 6) is 3.49. The Bertz CT molecular complexity index is 1850. The van der Waals surface area contributed by atoms with Crippen molar-refractivity contribution in [1.29, 1.82) is 0 Å². The van der Waals surface area contributed by atoms with Crippen LogP contribution in [0.25, 0.3) is 33.5 Å². The highest BCUT2D eigenvalue weighted by atomic mass is 16.5. The Kier molecular flexibility index (Phi) is 4.92. The standard InChI is InChI=1S/C35H22BNO2/c1-2-7-23(8-3-1)26-16-18-28-33(21-26)38-31-10-6-11-32-35(31)36(28)29-19-17-27(22-34(29)39-32)24-12-14-25(15-13-24)30-9-4-5-20-37-30/h1-22H. The number of hydrogen-bond donors (Lipinski definition) is 0. The molecule has 4 heteroatoms. The summed E-state index contributed by atoms with van der Waals surface area (Å²) in [5.41, 5.74) is 10.1. The third kappa shape index (κ3) is 3.64. The van der Waals surface area contributed by atoms with Gasteiger partial charge in [0, 0.05) is 17.2 Å². The number of pyridine rings is 1. The van der Waals surface area contributed by atoms with Gasteiger partial charge < -0.3 is 9.47 Å². The van der Waals surface area contributed by atoms with Crippen molar-refractivity contribution in [3.8, 4) is 56.5 Å². The van der Waals surface area contributed by atoms with Gasteiger partial charge in [-0.3, -0.25) is 4.98 Å². The number of benzene rings is 5. The molecule has 0 radical (unpaired) electrons. The van der Waals surface area contributed by atoms with Crippen LogP contribution in [0.5, 0.6) is 23.0 Å². The van der Waals surface area contributed by atoms with Crippen LogP contribution in [0.4, 0.5) is 0 Å². The lowest BCUT2D eigenvalue weighted by Crippen LogP contribution is -2.57. The van der Waals surface area contributed by atoms with Crippen LogP contribution in [0.3, 0.4) is 0 Å². The van der Waals surface area contributed by atoms with Crippen molar-refractivity contribution in [2.75, 3.05) is 0 Å². The number of ether oxygens (including phenoxy) is 2. The zero-order valence-electron chi connectivity index (χ0n) is 21.0. The maximum Gasteiger partial charge on any atom is 0.260 e. The van der Waals surface area contributed by atoms with E-state index in [1.807, 2.05) is 48.7 Å². The maximum absolute atomic E-state index is 6.50. The molecule has 0 atom stereocenters. The third-order valence-corrected chi connectivity index (χ3v) is 7.69. The van der Waals surface area contributed by atoms with Crippen molar-refractivity contribution < 1.29 is 9.47 Å². The molecule has 1 aromatic heterocycles. The SMILES string of the molecule is c1ccc(-c2ccc3c(c2)Oc2cccc4c2B3c2ccc(-c3ccc(-c5ccccn5)cc3)cc2O4)cc1. The van der Waals surface area contributed by atoms with Crippen LogP contribution < -0.4 is 25.9 Å². The zero-order valence-corrected chi connectivity index (χ0v) is 21.0. The summed E-state index contributed by atoms with van der Waals surface area (Å²) in [7, 11) is 0. The van der Waals surface area contributed by atoms with Crippen molar-refractivity contribution in [3.05, 3.63) is 134 Å². The minimum atomic E-state index is 0.0501. The molecule has 5 aromatic carbocycles. The second-order valence-electron chi connectivity index (χ2n) is 9.97. The minimum Gasteiger partial charge on any atom is -0.458 e. The molecule has 2 aliphatic heterocycles. The fourth-order valence-corrected chi connectivity index (χ4v) is 5.78. The Hall–Kier alpha value is -5.09. The first-order chi connectivity index (χ1) is 19.3. The van der Waals surface area contributed by atoms with Gasteiger partial charge in [0.1, 0.15) is 23.0 Å². The lowest BCUT2D eigenvalue weighted by molar-refractivity contribution is 0.464. The smallest absolute Gasteiger partial charge is 0.260 e. The minimum absolute atomic E-state index is 0.0501. The average Bonchev–Trinajstić information content (AvgIpc) is 3.01. The van der Waals surface area contributed by atoms with Gasteiger partial charge in [0.05, 0.1) is 5.69 Å². The first-order valence-corrected chi connectivity index (χ1v) is 13.2. The van der Waals surface area contributed by atoms with E-state index in [9.17, 15) is 0 Å². The molecule has 0 unspecified atom stereocenters. The molecule has 0 saturated carbocycles. The summed E-state index contributed by atoms with van der Waals surface area (Å²) in [6, 6.07) is 44.2. The molecule has 8 rings (SSSR count). The Labute approximate surface area is 227 Å². The number of rotatable bonds is 3. The largest absolute Gasteiger partial charge is 0.458 e. The monoisotopic (exact) mass is 499 g/mol. The van der Waals surface area contributed by atoms with Crippen LogP contribution in [0.2, 0.25) is 0 Å². The summed E-state index contributed by atoms with van der Waals surface area (Å²) in [6.07, 6.45) is 1.82. The van der Waals surface area contributed by atoms with Crippen LogP contribution in [-0.2, 0) is 0 Å². The molecule has 0 aliphatic carbocycles. The highest BCUT2D eigenvalue weighted by molar-refractivity contribution is 6.98. The third-order valence-electron chi connectivity index (χ3n) is 7.69. The highest BCUT2D eigenvalue weighted by Gasteiger charge is 2.40.